The van der Waals surface area contributed by atoms with Crippen molar-refractivity contribution in [3.8, 4) is 0 Å². The van der Waals surface area contributed by atoms with Gasteiger partial charge in [0.25, 0.3) is 5.91 Å². The monoisotopic (exact) mass is 321 g/mol. The van der Waals surface area contributed by atoms with Gasteiger partial charge in [0.2, 0.25) is 11.8 Å². The molecular weight excluding hydrogens is 302 g/mol. The van der Waals surface area contributed by atoms with Gasteiger partial charge in [-0.3, -0.25) is 14.4 Å². The van der Waals surface area contributed by atoms with Crippen molar-refractivity contribution in [1.29, 1.82) is 0 Å². The SMILES string of the molecule is O=C(CNC(=O)[C@@H]1CCCN1C(=O)c1cccs1)NC1CC1. The van der Waals surface area contributed by atoms with Crippen molar-refractivity contribution in [2.75, 3.05) is 13.1 Å². The second kappa shape index (κ2) is 6.48. The van der Waals surface area contributed by atoms with Crippen molar-refractivity contribution < 1.29 is 14.4 Å². The van der Waals surface area contributed by atoms with E-state index in [0.29, 0.717) is 17.8 Å². The maximum Gasteiger partial charge on any atom is 0.264 e. The Labute approximate surface area is 132 Å². The van der Waals surface area contributed by atoms with Crippen LogP contribution in [-0.4, -0.2) is 47.8 Å². The van der Waals surface area contributed by atoms with Crippen molar-refractivity contribution in [3.05, 3.63) is 22.4 Å². The van der Waals surface area contributed by atoms with Crippen LogP contribution in [0, 0.1) is 0 Å². The van der Waals surface area contributed by atoms with E-state index >= 15 is 0 Å². The maximum atomic E-state index is 12.4. The summed E-state index contributed by atoms with van der Waals surface area (Å²) in [6.07, 6.45) is 3.49. The highest BCUT2D eigenvalue weighted by Gasteiger charge is 2.35. The smallest absolute Gasteiger partial charge is 0.264 e. The van der Waals surface area contributed by atoms with Gasteiger partial charge >= 0.3 is 0 Å². The quantitative estimate of drug-likeness (QED) is 0.840. The fraction of sp³-hybridized carbons (Fsp3) is 0.533. The molecule has 2 aliphatic rings. The second-order valence-electron chi connectivity index (χ2n) is 5.69. The van der Waals surface area contributed by atoms with Gasteiger partial charge in [-0.05, 0) is 37.1 Å². The molecule has 1 aromatic rings. The molecule has 1 saturated carbocycles. The van der Waals surface area contributed by atoms with E-state index in [2.05, 4.69) is 10.6 Å². The predicted octanol–water partition coefficient (Wildman–Crippen LogP) is 0.747. The van der Waals surface area contributed by atoms with Gasteiger partial charge in [0.1, 0.15) is 6.04 Å². The first-order valence-electron chi connectivity index (χ1n) is 7.56. The second-order valence-corrected chi connectivity index (χ2v) is 6.64. The molecule has 2 heterocycles. The molecule has 1 aromatic heterocycles. The highest BCUT2D eigenvalue weighted by atomic mass is 32.1. The summed E-state index contributed by atoms with van der Waals surface area (Å²) < 4.78 is 0. The minimum atomic E-state index is -0.469. The van der Waals surface area contributed by atoms with Crippen LogP contribution in [-0.2, 0) is 9.59 Å². The molecule has 0 spiro atoms. The number of hydrogen-bond acceptors (Lipinski definition) is 4. The molecule has 3 amide bonds. The zero-order chi connectivity index (χ0) is 15.5. The van der Waals surface area contributed by atoms with Crippen LogP contribution in [0.1, 0.15) is 35.4 Å². The highest BCUT2D eigenvalue weighted by molar-refractivity contribution is 7.12. The Morgan fingerprint density at radius 1 is 1.27 bits per heavy atom. The molecule has 1 aliphatic heterocycles. The van der Waals surface area contributed by atoms with Crippen LogP contribution in [0.25, 0.3) is 0 Å². The van der Waals surface area contributed by atoms with Crippen LogP contribution >= 0.6 is 11.3 Å². The first kappa shape index (κ1) is 15.0. The van der Waals surface area contributed by atoms with Gasteiger partial charge < -0.3 is 15.5 Å². The number of nitrogens with one attached hydrogen (secondary N) is 2. The minimum Gasteiger partial charge on any atom is -0.352 e. The molecule has 0 bridgehead atoms. The van der Waals surface area contributed by atoms with E-state index in [1.165, 1.54) is 11.3 Å². The molecule has 22 heavy (non-hydrogen) atoms. The Kier molecular flexibility index (Phi) is 4.42. The van der Waals surface area contributed by atoms with Gasteiger partial charge in [0.05, 0.1) is 11.4 Å². The number of carbonyl (C=O) groups excluding carboxylic acids is 3. The molecule has 1 atom stereocenters. The summed E-state index contributed by atoms with van der Waals surface area (Å²) in [4.78, 5) is 38.5. The predicted molar refractivity (Wildman–Crippen MR) is 82.6 cm³/mol. The first-order valence-corrected chi connectivity index (χ1v) is 8.44. The molecule has 2 N–H and O–H groups in total. The molecular formula is C15H19N3O3S. The van der Waals surface area contributed by atoms with E-state index < -0.39 is 6.04 Å². The summed E-state index contributed by atoms with van der Waals surface area (Å²) in [5.74, 6) is -0.506. The van der Waals surface area contributed by atoms with Crippen LogP contribution in [0.2, 0.25) is 0 Å². The first-order chi connectivity index (χ1) is 10.6. The van der Waals surface area contributed by atoms with Crippen molar-refractivity contribution in [3.63, 3.8) is 0 Å². The Hall–Kier alpha value is -1.89. The fourth-order valence-corrected chi connectivity index (χ4v) is 3.29. The molecule has 118 valence electrons. The van der Waals surface area contributed by atoms with E-state index in [4.69, 9.17) is 0 Å². The lowest BCUT2D eigenvalue weighted by molar-refractivity contribution is -0.128. The average molecular weight is 321 g/mol. The van der Waals surface area contributed by atoms with Crippen molar-refractivity contribution in [2.45, 2.75) is 37.8 Å². The van der Waals surface area contributed by atoms with E-state index in [1.807, 2.05) is 11.4 Å². The Bertz CT molecular complexity index is 569. The van der Waals surface area contributed by atoms with Crippen LogP contribution < -0.4 is 10.6 Å². The summed E-state index contributed by atoms with van der Waals surface area (Å²) in [7, 11) is 0. The minimum absolute atomic E-state index is 0.0210. The van der Waals surface area contributed by atoms with Gasteiger partial charge in [0.15, 0.2) is 0 Å². The molecule has 3 rings (SSSR count). The van der Waals surface area contributed by atoms with E-state index in [0.717, 1.165) is 19.3 Å². The maximum absolute atomic E-state index is 12.4. The average Bonchev–Trinajstić information content (AvgIpc) is 3.00. The molecule has 6 nitrogen and oxygen atoms in total. The van der Waals surface area contributed by atoms with Gasteiger partial charge in [0, 0.05) is 12.6 Å². The molecule has 0 radical (unpaired) electrons. The van der Waals surface area contributed by atoms with E-state index in [1.54, 1.807) is 11.0 Å². The van der Waals surface area contributed by atoms with Gasteiger partial charge in [-0.2, -0.15) is 0 Å². The third-order valence-electron chi connectivity index (χ3n) is 3.91. The lowest BCUT2D eigenvalue weighted by atomic mass is 10.2. The third kappa shape index (κ3) is 3.47. The number of hydrogen-bond donors (Lipinski definition) is 2. The zero-order valence-corrected chi connectivity index (χ0v) is 13.0. The van der Waals surface area contributed by atoms with Crippen LogP contribution in [0.5, 0.6) is 0 Å². The normalized spacial score (nSPS) is 20.7. The topological polar surface area (TPSA) is 78.5 Å². The number of carbonyl (C=O) groups is 3. The Morgan fingerprint density at radius 3 is 2.77 bits per heavy atom. The number of amides is 3. The molecule has 0 aromatic carbocycles. The molecule has 1 saturated heterocycles. The lowest BCUT2D eigenvalue weighted by Crippen LogP contribution is -2.48. The van der Waals surface area contributed by atoms with Gasteiger partial charge in [-0.1, -0.05) is 6.07 Å². The third-order valence-corrected chi connectivity index (χ3v) is 4.77. The lowest BCUT2D eigenvalue weighted by Gasteiger charge is -2.23. The summed E-state index contributed by atoms with van der Waals surface area (Å²) in [5.41, 5.74) is 0. The molecule has 2 fully saturated rings. The Balaban J connectivity index is 1.54. The summed E-state index contributed by atoms with van der Waals surface area (Å²) in [5, 5.41) is 7.32. The van der Waals surface area contributed by atoms with E-state index in [9.17, 15) is 14.4 Å². The number of likely N-dealkylation sites (tertiary alicyclic amines) is 1. The van der Waals surface area contributed by atoms with Crippen molar-refractivity contribution >= 4 is 29.1 Å². The van der Waals surface area contributed by atoms with Crippen LogP contribution in [0.4, 0.5) is 0 Å². The standard InChI is InChI=1S/C15H19N3O3S/c19-13(17-10-5-6-10)9-16-14(20)11-3-1-7-18(11)15(21)12-4-2-8-22-12/h2,4,8,10-11H,1,3,5-7,9H2,(H,16,20)(H,17,19)/t11-/m0/s1. The van der Waals surface area contributed by atoms with Gasteiger partial charge in [-0.15, -0.1) is 11.3 Å². The van der Waals surface area contributed by atoms with Crippen LogP contribution in [0.15, 0.2) is 17.5 Å². The Morgan fingerprint density at radius 2 is 2.09 bits per heavy atom. The zero-order valence-electron chi connectivity index (χ0n) is 12.2. The molecule has 7 heteroatoms. The number of thiophene rings is 1. The molecule has 0 unspecified atom stereocenters. The van der Waals surface area contributed by atoms with E-state index in [-0.39, 0.29) is 30.3 Å². The van der Waals surface area contributed by atoms with Gasteiger partial charge in [-0.25, -0.2) is 0 Å². The van der Waals surface area contributed by atoms with Crippen molar-refractivity contribution in [2.24, 2.45) is 0 Å². The number of nitrogens with zero attached hydrogens (tertiary/aromatic N) is 1. The highest BCUT2D eigenvalue weighted by Crippen LogP contribution is 2.22. The van der Waals surface area contributed by atoms with Crippen LogP contribution in [0.3, 0.4) is 0 Å². The van der Waals surface area contributed by atoms with Crippen molar-refractivity contribution in [1.82, 2.24) is 15.5 Å². The fourth-order valence-electron chi connectivity index (χ4n) is 2.62. The molecule has 1 aliphatic carbocycles. The number of rotatable bonds is 5. The largest absolute Gasteiger partial charge is 0.352 e. The summed E-state index contributed by atoms with van der Waals surface area (Å²) >= 11 is 1.38. The summed E-state index contributed by atoms with van der Waals surface area (Å²) in [6, 6.07) is 3.41. The summed E-state index contributed by atoms with van der Waals surface area (Å²) in [6.45, 7) is 0.565.